The topological polar surface area (TPSA) is 177 Å². The van der Waals surface area contributed by atoms with Gasteiger partial charge in [0.15, 0.2) is 5.03 Å². The Labute approximate surface area is 183 Å². The predicted octanol–water partition coefficient (Wildman–Crippen LogP) is 1.61. The number of hydrogen-bond acceptors (Lipinski definition) is 6. The Morgan fingerprint density at radius 1 is 1.16 bits per heavy atom. The molecule has 0 fully saturated rings. The Morgan fingerprint density at radius 3 is 2.23 bits per heavy atom. The lowest BCUT2D eigenvalue weighted by molar-refractivity contribution is -0.525. The molecule has 0 saturated heterocycles. The van der Waals surface area contributed by atoms with Crippen LogP contribution in [0.1, 0.15) is 12.8 Å². The summed E-state index contributed by atoms with van der Waals surface area (Å²) in [7, 11) is -4.09. The van der Waals surface area contributed by atoms with Gasteiger partial charge in [-0.25, -0.2) is 23.5 Å². The zero-order valence-electron chi connectivity index (χ0n) is 16.1. The molecule has 13 heteroatoms. The van der Waals surface area contributed by atoms with Crippen LogP contribution in [0.3, 0.4) is 0 Å². The lowest BCUT2D eigenvalue weighted by Crippen LogP contribution is -2.40. The molecular weight excluding hydrogens is 450 g/mol. The summed E-state index contributed by atoms with van der Waals surface area (Å²) in [6, 6.07) is 11.6. The fourth-order valence-corrected chi connectivity index (χ4v) is 3.93. The summed E-state index contributed by atoms with van der Waals surface area (Å²) in [4.78, 5) is 25.2. The van der Waals surface area contributed by atoms with Gasteiger partial charge in [-0.2, -0.15) is 4.72 Å². The smallest absolute Gasteiger partial charge is 0.321 e. The van der Waals surface area contributed by atoms with Crippen LogP contribution >= 0.6 is 11.6 Å². The molecule has 0 aliphatic carbocycles. The number of sulfonamides is 1. The quantitative estimate of drug-likeness (QED) is 0.133. The number of guanidine groups is 1. The van der Waals surface area contributed by atoms with Crippen LogP contribution in [0.2, 0.25) is 5.02 Å². The fraction of sp³-hybridized carbons (Fsp3) is 0.222. The minimum atomic E-state index is -4.09. The van der Waals surface area contributed by atoms with Crippen molar-refractivity contribution in [2.45, 2.75) is 23.8 Å². The van der Waals surface area contributed by atoms with Gasteiger partial charge in [0.25, 0.3) is 5.96 Å². The average Bonchev–Trinajstić information content (AvgIpc) is 2.70. The molecule has 31 heavy (non-hydrogen) atoms. The first kappa shape index (κ1) is 24.1. The third-order valence-electron chi connectivity index (χ3n) is 4.08. The molecule has 2 aromatic rings. The molecule has 2 rings (SSSR count). The molecule has 11 nitrogen and oxygen atoms in total. The summed E-state index contributed by atoms with van der Waals surface area (Å²) in [5, 5.41) is 19.2. The standard InChI is InChI=1S/C18H20ClN5O6S/c19-14-7-3-12(4-8-14)13-5-9-15(10-6-13)31(29,30)23-16(17(25)26)2-1-11-21-18(20)22-24(27)28/h3-10,16,23H,1-2,11H2,(H,25,26)(H3,20,21,22)/t16-/m1/s1. The molecule has 0 spiro atoms. The van der Waals surface area contributed by atoms with Crippen LogP contribution in [0.5, 0.6) is 0 Å². The first-order valence-electron chi connectivity index (χ1n) is 8.90. The van der Waals surface area contributed by atoms with Crippen molar-refractivity contribution in [3.05, 3.63) is 63.7 Å². The predicted molar refractivity (Wildman–Crippen MR) is 114 cm³/mol. The summed E-state index contributed by atoms with van der Waals surface area (Å²) in [5.41, 5.74) is 8.51. The molecule has 0 aliphatic rings. The first-order valence-corrected chi connectivity index (χ1v) is 10.8. The van der Waals surface area contributed by atoms with Crippen LogP contribution in [0, 0.1) is 10.1 Å². The number of benzene rings is 2. The molecule has 1 atom stereocenters. The summed E-state index contributed by atoms with van der Waals surface area (Å²) >= 11 is 5.86. The van der Waals surface area contributed by atoms with Crippen LogP contribution in [-0.4, -0.2) is 43.1 Å². The molecule has 0 saturated carbocycles. The van der Waals surface area contributed by atoms with Gasteiger partial charge in [0.1, 0.15) is 6.04 Å². The van der Waals surface area contributed by atoms with Gasteiger partial charge < -0.3 is 10.8 Å². The van der Waals surface area contributed by atoms with Crippen LogP contribution in [0.15, 0.2) is 58.4 Å². The highest BCUT2D eigenvalue weighted by Gasteiger charge is 2.25. The van der Waals surface area contributed by atoms with Gasteiger partial charge >= 0.3 is 5.97 Å². The molecule has 0 radical (unpaired) electrons. The van der Waals surface area contributed by atoms with Gasteiger partial charge in [0.2, 0.25) is 10.0 Å². The van der Waals surface area contributed by atoms with Crippen LogP contribution in [0.25, 0.3) is 11.1 Å². The van der Waals surface area contributed by atoms with Gasteiger partial charge in [-0.1, -0.05) is 41.3 Å². The normalized spacial score (nSPS) is 12.9. The number of aliphatic carboxylic acids is 1. The molecule has 5 N–H and O–H groups in total. The molecule has 0 heterocycles. The number of nitro groups is 1. The van der Waals surface area contributed by atoms with E-state index in [9.17, 15) is 28.4 Å². The molecule has 0 amide bonds. The molecule has 0 aromatic heterocycles. The Kier molecular flexibility index (Phi) is 8.30. The van der Waals surface area contributed by atoms with E-state index in [1.807, 2.05) is 0 Å². The van der Waals surface area contributed by atoms with E-state index in [4.69, 9.17) is 17.3 Å². The van der Waals surface area contributed by atoms with E-state index in [-0.39, 0.29) is 24.3 Å². The number of hydrogen-bond donors (Lipinski definition) is 4. The minimum absolute atomic E-state index is 0.0199. The van der Waals surface area contributed by atoms with Crippen molar-refractivity contribution in [1.29, 1.82) is 0 Å². The maximum atomic E-state index is 12.6. The van der Waals surface area contributed by atoms with E-state index in [2.05, 4.69) is 9.71 Å². The van der Waals surface area contributed by atoms with Crippen LogP contribution in [-0.2, 0) is 14.8 Å². The highest BCUT2D eigenvalue weighted by molar-refractivity contribution is 7.89. The van der Waals surface area contributed by atoms with Crippen LogP contribution < -0.4 is 15.9 Å². The van der Waals surface area contributed by atoms with Crippen LogP contribution in [0.4, 0.5) is 0 Å². The summed E-state index contributed by atoms with van der Waals surface area (Å²) in [5.74, 6) is -1.79. The zero-order chi connectivity index (χ0) is 23.0. The number of hydrazine groups is 1. The zero-order valence-corrected chi connectivity index (χ0v) is 17.6. The van der Waals surface area contributed by atoms with E-state index in [0.29, 0.717) is 5.02 Å². The number of carbonyl (C=O) groups is 1. The maximum Gasteiger partial charge on any atom is 0.321 e. The van der Waals surface area contributed by atoms with Gasteiger partial charge in [-0.15, -0.1) is 0 Å². The number of halogens is 1. The summed E-state index contributed by atoms with van der Waals surface area (Å²) in [6.45, 7) is -0.0199. The summed E-state index contributed by atoms with van der Waals surface area (Å²) < 4.78 is 27.3. The second-order valence-corrected chi connectivity index (χ2v) is 8.47. The SMILES string of the molecule is NC(=NCCC[C@@H](NS(=O)(=O)c1ccc(-c2ccc(Cl)cc2)cc1)C(=O)O)N[N+](=O)[O-]. The van der Waals surface area contributed by atoms with Crippen molar-refractivity contribution in [3.63, 3.8) is 0 Å². The Hall–Kier alpha value is -3.22. The molecule has 0 aliphatic heterocycles. The highest BCUT2D eigenvalue weighted by Crippen LogP contribution is 2.23. The second-order valence-electron chi connectivity index (χ2n) is 6.32. The van der Waals surface area contributed by atoms with Crippen molar-refractivity contribution in [2.24, 2.45) is 10.7 Å². The van der Waals surface area contributed by atoms with Crippen molar-refractivity contribution < 1.29 is 23.4 Å². The number of nitrogens with zero attached hydrogens (tertiary/aromatic N) is 2. The molecule has 166 valence electrons. The van der Waals surface area contributed by atoms with Gasteiger partial charge in [0, 0.05) is 11.6 Å². The number of carboxylic acids is 1. The third kappa shape index (κ3) is 7.51. The number of rotatable bonds is 10. The van der Waals surface area contributed by atoms with E-state index < -0.39 is 33.0 Å². The molecule has 0 unspecified atom stereocenters. The second kappa shape index (κ2) is 10.7. The molecule has 0 bridgehead atoms. The fourth-order valence-electron chi connectivity index (χ4n) is 2.58. The van der Waals surface area contributed by atoms with E-state index in [0.717, 1.165) is 11.1 Å². The summed E-state index contributed by atoms with van der Waals surface area (Å²) in [6.07, 6.45) is 0.0434. The van der Waals surface area contributed by atoms with Gasteiger partial charge in [0.05, 0.1) is 4.90 Å². The number of nitrogens with two attached hydrogens (primary N) is 1. The van der Waals surface area contributed by atoms with Crippen molar-refractivity contribution in [2.75, 3.05) is 6.54 Å². The van der Waals surface area contributed by atoms with Gasteiger partial charge in [-0.05, 0) is 48.2 Å². The lowest BCUT2D eigenvalue weighted by Gasteiger charge is -2.14. The highest BCUT2D eigenvalue weighted by atomic mass is 35.5. The Balaban J connectivity index is 2.03. The van der Waals surface area contributed by atoms with Crippen molar-refractivity contribution in [3.8, 4) is 11.1 Å². The first-order chi connectivity index (χ1) is 14.6. The van der Waals surface area contributed by atoms with E-state index in [1.165, 1.54) is 12.1 Å². The largest absolute Gasteiger partial charge is 0.480 e. The molecule has 2 aromatic carbocycles. The monoisotopic (exact) mass is 469 g/mol. The number of nitrogens with one attached hydrogen (secondary N) is 2. The van der Waals surface area contributed by atoms with E-state index >= 15 is 0 Å². The lowest BCUT2D eigenvalue weighted by atomic mass is 10.1. The van der Waals surface area contributed by atoms with Crippen molar-refractivity contribution >= 4 is 33.6 Å². The minimum Gasteiger partial charge on any atom is -0.480 e. The van der Waals surface area contributed by atoms with Crippen molar-refractivity contribution in [1.82, 2.24) is 10.1 Å². The number of aliphatic imine (C=N–C) groups is 1. The average molecular weight is 470 g/mol. The third-order valence-corrected chi connectivity index (χ3v) is 5.82. The number of carboxylic acid groups (broad SMARTS) is 1. The maximum absolute atomic E-state index is 12.6. The Bertz CT molecular complexity index is 1060. The Morgan fingerprint density at radius 2 is 1.71 bits per heavy atom. The van der Waals surface area contributed by atoms with E-state index in [1.54, 1.807) is 41.8 Å². The molecular formula is C18H20ClN5O6S. The van der Waals surface area contributed by atoms with Gasteiger partial charge in [-0.3, -0.25) is 4.79 Å².